The van der Waals surface area contributed by atoms with Crippen molar-refractivity contribution in [1.82, 2.24) is 5.32 Å². The van der Waals surface area contributed by atoms with Crippen molar-refractivity contribution < 1.29 is 4.74 Å². The van der Waals surface area contributed by atoms with Crippen LogP contribution in [-0.4, -0.2) is 31.2 Å². The summed E-state index contributed by atoms with van der Waals surface area (Å²) in [7, 11) is 0. The third kappa shape index (κ3) is 2.62. The first-order valence-electron chi connectivity index (χ1n) is 5.81. The van der Waals surface area contributed by atoms with Crippen molar-refractivity contribution in [1.29, 1.82) is 0 Å². The molecule has 1 heterocycles. The van der Waals surface area contributed by atoms with Crippen molar-refractivity contribution in [3.05, 3.63) is 0 Å². The second kappa shape index (κ2) is 5.34. The molecule has 0 spiro atoms. The van der Waals surface area contributed by atoms with E-state index in [2.05, 4.69) is 5.32 Å². The van der Waals surface area contributed by atoms with Crippen LogP contribution in [0.5, 0.6) is 0 Å². The Morgan fingerprint density at radius 3 is 2.86 bits per heavy atom. The number of ether oxygens (including phenoxy) is 1. The Labute approximate surface area is 91.3 Å². The summed E-state index contributed by atoms with van der Waals surface area (Å²) in [5, 5.41) is 3.62. The molecule has 1 saturated heterocycles. The smallest absolute Gasteiger partial charge is 0.0700 e. The van der Waals surface area contributed by atoms with Gasteiger partial charge in [-0.1, -0.05) is 6.42 Å². The van der Waals surface area contributed by atoms with Crippen molar-refractivity contribution >= 4 is 11.6 Å². The van der Waals surface area contributed by atoms with Crippen LogP contribution < -0.4 is 5.32 Å². The maximum absolute atomic E-state index is 5.93. The van der Waals surface area contributed by atoms with E-state index in [0.29, 0.717) is 18.1 Å². The molecule has 3 unspecified atom stereocenters. The van der Waals surface area contributed by atoms with Crippen LogP contribution in [0.25, 0.3) is 0 Å². The molecule has 82 valence electrons. The molecule has 2 nitrogen and oxygen atoms in total. The van der Waals surface area contributed by atoms with Crippen molar-refractivity contribution in [2.45, 2.75) is 44.2 Å². The second-order valence-corrected chi connectivity index (χ2v) is 4.80. The third-order valence-corrected chi connectivity index (χ3v) is 3.89. The quantitative estimate of drug-likeness (QED) is 0.729. The largest absolute Gasteiger partial charge is 0.377 e. The highest BCUT2D eigenvalue weighted by Gasteiger charge is 2.27. The molecule has 0 bridgehead atoms. The summed E-state index contributed by atoms with van der Waals surface area (Å²) in [5.41, 5.74) is 0. The van der Waals surface area contributed by atoms with E-state index in [4.69, 9.17) is 16.3 Å². The normalized spacial score (nSPS) is 37.9. The van der Waals surface area contributed by atoms with E-state index < -0.39 is 0 Å². The van der Waals surface area contributed by atoms with Crippen LogP contribution in [-0.2, 0) is 4.74 Å². The second-order valence-electron chi connectivity index (χ2n) is 4.50. The van der Waals surface area contributed by atoms with Crippen LogP contribution in [0.3, 0.4) is 0 Å². The molecule has 0 amide bonds. The van der Waals surface area contributed by atoms with Gasteiger partial charge in [0.1, 0.15) is 0 Å². The Balaban J connectivity index is 1.68. The molecule has 2 aliphatic rings. The number of halogens is 1. The summed E-state index contributed by atoms with van der Waals surface area (Å²) in [5.74, 6) is 1.50. The fraction of sp³-hybridized carbons (Fsp3) is 1.00. The van der Waals surface area contributed by atoms with E-state index >= 15 is 0 Å². The molecular weight excluding hydrogens is 198 g/mol. The van der Waals surface area contributed by atoms with Gasteiger partial charge in [0.15, 0.2) is 0 Å². The Kier molecular flexibility index (Phi) is 4.09. The van der Waals surface area contributed by atoms with Crippen LogP contribution in [0.15, 0.2) is 0 Å². The molecule has 1 aliphatic heterocycles. The van der Waals surface area contributed by atoms with Crippen LogP contribution >= 0.6 is 11.6 Å². The average molecular weight is 218 g/mol. The van der Waals surface area contributed by atoms with Crippen molar-refractivity contribution in [3.8, 4) is 0 Å². The Morgan fingerprint density at radius 2 is 2.14 bits per heavy atom. The van der Waals surface area contributed by atoms with Crippen LogP contribution in [0.1, 0.15) is 32.1 Å². The van der Waals surface area contributed by atoms with E-state index in [-0.39, 0.29) is 0 Å². The molecule has 2 fully saturated rings. The zero-order chi connectivity index (χ0) is 9.80. The van der Waals surface area contributed by atoms with E-state index in [1.54, 1.807) is 0 Å². The highest BCUT2D eigenvalue weighted by atomic mass is 35.5. The Morgan fingerprint density at radius 1 is 1.21 bits per heavy atom. The molecule has 0 aromatic rings. The summed E-state index contributed by atoms with van der Waals surface area (Å²) in [6, 6.07) is 0.650. The molecule has 3 heteroatoms. The van der Waals surface area contributed by atoms with Gasteiger partial charge in [-0.25, -0.2) is 0 Å². The maximum Gasteiger partial charge on any atom is 0.0700 e. The lowest BCUT2D eigenvalue weighted by atomic mass is 10.1. The van der Waals surface area contributed by atoms with E-state index in [1.807, 2.05) is 0 Å². The van der Waals surface area contributed by atoms with Gasteiger partial charge in [0.2, 0.25) is 0 Å². The number of rotatable bonds is 4. The molecule has 0 radical (unpaired) electrons. The van der Waals surface area contributed by atoms with Crippen LogP contribution in [0.4, 0.5) is 0 Å². The fourth-order valence-electron chi connectivity index (χ4n) is 2.58. The Hall–Kier alpha value is 0.210. The molecular formula is C11H20ClNO. The third-order valence-electron chi connectivity index (χ3n) is 3.49. The fourth-order valence-corrected chi connectivity index (χ4v) is 2.95. The topological polar surface area (TPSA) is 21.3 Å². The molecule has 1 aliphatic carbocycles. The van der Waals surface area contributed by atoms with Crippen LogP contribution in [0, 0.1) is 5.92 Å². The maximum atomic E-state index is 5.93. The SMILES string of the molecule is ClCC1CCCC1NCC1CCCO1. The molecule has 2 rings (SSSR count). The summed E-state index contributed by atoms with van der Waals surface area (Å²) in [4.78, 5) is 0. The summed E-state index contributed by atoms with van der Waals surface area (Å²) in [6.07, 6.45) is 6.85. The summed E-state index contributed by atoms with van der Waals surface area (Å²) in [6.45, 7) is 1.98. The predicted molar refractivity (Wildman–Crippen MR) is 58.8 cm³/mol. The van der Waals surface area contributed by atoms with Gasteiger partial charge in [-0.15, -0.1) is 11.6 Å². The standard InChI is InChI=1S/C11H20ClNO/c12-7-9-3-1-5-11(9)13-8-10-4-2-6-14-10/h9-11,13H,1-8H2. The lowest BCUT2D eigenvalue weighted by Gasteiger charge is -2.20. The highest BCUT2D eigenvalue weighted by Crippen LogP contribution is 2.26. The number of hydrogen-bond acceptors (Lipinski definition) is 2. The first-order valence-corrected chi connectivity index (χ1v) is 6.34. The lowest BCUT2D eigenvalue weighted by Crippen LogP contribution is -2.38. The van der Waals surface area contributed by atoms with Gasteiger partial charge in [-0.3, -0.25) is 0 Å². The van der Waals surface area contributed by atoms with Gasteiger partial charge in [0, 0.05) is 25.1 Å². The van der Waals surface area contributed by atoms with Gasteiger partial charge in [-0.05, 0) is 31.6 Å². The molecule has 14 heavy (non-hydrogen) atoms. The number of hydrogen-bond donors (Lipinski definition) is 1. The minimum absolute atomic E-state index is 0.464. The van der Waals surface area contributed by atoms with Gasteiger partial charge >= 0.3 is 0 Å². The van der Waals surface area contributed by atoms with Gasteiger partial charge in [0.25, 0.3) is 0 Å². The minimum atomic E-state index is 0.464. The molecule has 0 aromatic heterocycles. The van der Waals surface area contributed by atoms with Crippen molar-refractivity contribution in [3.63, 3.8) is 0 Å². The predicted octanol–water partition coefficient (Wildman–Crippen LogP) is 2.16. The summed E-state index contributed by atoms with van der Waals surface area (Å²) < 4.78 is 5.59. The van der Waals surface area contributed by atoms with Crippen molar-refractivity contribution in [2.75, 3.05) is 19.0 Å². The van der Waals surface area contributed by atoms with Gasteiger partial charge < -0.3 is 10.1 Å². The number of alkyl halides is 1. The molecule has 1 N–H and O–H groups in total. The van der Waals surface area contributed by atoms with E-state index in [0.717, 1.165) is 19.0 Å². The minimum Gasteiger partial charge on any atom is -0.377 e. The van der Waals surface area contributed by atoms with Gasteiger partial charge in [0.05, 0.1) is 6.10 Å². The number of nitrogens with one attached hydrogen (secondary N) is 1. The van der Waals surface area contributed by atoms with Crippen molar-refractivity contribution in [2.24, 2.45) is 5.92 Å². The molecule has 1 saturated carbocycles. The van der Waals surface area contributed by atoms with Gasteiger partial charge in [-0.2, -0.15) is 0 Å². The highest BCUT2D eigenvalue weighted by molar-refractivity contribution is 6.18. The zero-order valence-corrected chi connectivity index (χ0v) is 9.43. The molecule has 3 atom stereocenters. The average Bonchev–Trinajstić information content (AvgIpc) is 2.85. The summed E-state index contributed by atoms with van der Waals surface area (Å²) >= 11 is 5.93. The zero-order valence-electron chi connectivity index (χ0n) is 8.68. The Bertz CT molecular complexity index is 171. The lowest BCUT2D eigenvalue weighted by molar-refractivity contribution is 0.106. The monoisotopic (exact) mass is 217 g/mol. The first kappa shape index (κ1) is 10.7. The molecule has 0 aromatic carbocycles. The van der Waals surface area contributed by atoms with E-state index in [9.17, 15) is 0 Å². The first-order chi connectivity index (χ1) is 6.90. The van der Waals surface area contributed by atoms with Crippen LogP contribution in [0.2, 0.25) is 0 Å². The van der Waals surface area contributed by atoms with E-state index in [1.165, 1.54) is 32.1 Å².